The van der Waals surface area contributed by atoms with Crippen LogP contribution in [0.1, 0.15) is 39.7 Å². The minimum absolute atomic E-state index is 0.0610. The van der Waals surface area contributed by atoms with Crippen LogP contribution in [-0.2, 0) is 20.8 Å². The van der Waals surface area contributed by atoms with E-state index in [0.29, 0.717) is 0 Å². The number of carboxylic acid groups (broad SMARTS) is 1. The lowest BCUT2D eigenvalue weighted by atomic mass is 9.55. The highest BCUT2D eigenvalue weighted by Gasteiger charge is 2.63. The number of carbonyl (C=O) groups excluding carboxylic acids is 2. The molecule has 35 heavy (non-hydrogen) atoms. The monoisotopic (exact) mass is 462 g/mol. The van der Waals surface area contributed by atoms with Crippen molar-refractivity contribution in [1.29, 1.82) is 0 Å². The number of nitrogens with zero attached hydrogens (tertiary/aromatic N) is 1. The van der Waals surface area contributed by atoms with Crippen LogP contribution in [0.2, 0.25) is 0 Å². The second-order valence-electron chi connectivity index (χ2n) is 9.73. The third kappa shape index (κ3) is 2.62. The van der Waals surface area contributed by atoms with E-state index in [1.54, 1.807) is 6.20 Å². The van der Waals surface area contributed by atoms with Gasteiger partial charge in [-0.25, -0.2) is 4.79 Å². The number of para-hydroxylation sites is 1. The number of hydrogen-bond acceptors (Lipinski definition) is 3. The Bertz CT molecular complexity index is 1440. The average molecular weight is 463 g/mol. The van der Waals surface area contributed by atoms with Crippen molar-refractivity contribution in [2.45, 2.75) is 24.3 Å². The molecular formula is C29H22N2O4. The van der Waals surface area contributed by atoms with Gasteiger partial charge in [0.25, 0.3) is 0 Å². The first-order valence-corrected chi connectivity index (χ1v) is 11.9. The highest BCUT2D eigenvalue weighted by atomic mass is 16.4. The summed E-state index contributed by atoms with van der Waals surface area (Å²) in [7, 11) is 0. The van der Waals surface area contributed by atoms with Gasteiger partial charge in [-0.3, -0.25) is 14.5 Å². The maximum absolute atomic E-state index is 13.9. The van der Waals surface area contributed by atoms with E-state index in [0.717, 1.165) is 43.6 Å². The summed E-state index contributed by atoms with van der Waals surface area (Å²) in [5, 5.41) is 11.1. The van der Waals surface area contributed by atoms with Gasteiger partial charge in [0.05, 0.1) is 11.8 Å². The Morgan fingerprint density at radius 1 is 0.800 bits per heavy atom. The smallest absolute Gasteiger partial charge is 0.327 e. The molecule has 2 bridgehead atoms. The molecule has 172 valence electrons. The molecule has 0 spiro atoms. The molecule has 0 radical (unpaired) electrons. The van der Waals surface area contributed by atoms with Gasteiger partial charge >= 0.3 is 5.97 Å². The quantitative estimate of drug-likeness (QED) is 0.448. The van der Waals surface area contributed by atoms with Gasteiger partial charge in [0.15, 0.2) is 0 Å². The summed E-state index contributed by atoms with van der Waals surface area (Å²) in [6.45, 7) is 0. The van der Waals surface area contributed by atoms with Gasteiger partial charge in [0.1, 0.15) is 6.04 Å². The van der Waals surface area contributed by atoms with Crippen LogP contribution in [0.3, 0.4) is 0 Å². The van der Waals surface area contributed by atoms with E-state index in [1.807, 2.05) is 72.8 Å². The number of likely N-dealkylation sites (tertiary alicyclic amines) is 1. The SMILES string of the molecule is O=C(O)[C@H](Cc1c[nH]c2ccccc12)N1C(=O)[C@@H]2C3c4ccccc4C(c4ccccc43)[C@@H]2C1=O. The number of hydrogen-bond donors (Lipinski definition) is 2. The van der Waals surface area contributed by atoms with Crippen LogP contribution in [0.4, 0.5) is 0 Å². The number of fused-ring (bicyclic) bond motifs is 1. The Hall–Kier alpha value is -4.19. The maximum Gasteiger partial charge on any atom is 0.327 e. The predicted octanol–water partition coefficient (Wildman–Crippen LogP) is 4.06. The Morgan fingerprint density at radius 2 is 1.29 bits per heavy atom. The Labute approximate surface area is 201 Å². The van der Waals surface area contributed by atoms with Crippen LogP contribution < -0.4 is 0 Å². The van der Waals surface area contributed by atoms with Crippen molar-refractivity contribution in [3.8, 4) is 0 Å². The molecule has 3 aliphatic carbocycles. The molecule has 3 aromatic carbocycles. The van der Waals surface area contributed by atoms with E-state index in [4.69, 9.17) is 0 Å². The van der Waals surface area contributed by atoms with Crippen LogP contribution in [0, 0.1) is 11.8 Å². The molecule has 4 aromatic rings. The van der Waals surface area contributed by atoms with Crippen LogP contribution in [-0.4, -0.2) is 38.8 Å². The van der Waals surface area contributed by atoms with E-state index in [-0.39, 0.29) is 30.1 Å². The van der Waals surface area contributed by atoms with Gasteiger partial charge in [-0.1, -0.05) is 66.7 Å². The molecule has 2 heterocycles. The molecule has 1 saturated heterocycles. The molecule has 1 aliphatic heterocycles. The van der Waals surface area contributed by atoms with Crippen LogP contribution in [0.15, 0.2) is 79.0 Å². The summed E-state index contributed by atoms with van der Waals surface area (Å²) >= 11 is 0. The van der Waals surface area contributed by atoms with Crippen molar-refractivity contribution in [2.24, 2.45) is 11.8 Å². The second-order valence-corrected chi connectivity index (χ2v) is 9.73. The molecule has 8 rings (SSSR count). The van der Waals surface area contributed by atoms with Gasteiger partial charge in [-0.05, 0) is 33.9 Å². The maximum atomic E-state index is 13.9. The third-order valence-corrected chi connectivity index (χ3v) is 8.17. The minimum atomic E-state index is -1.26. The zero-order chi connectivity index (χ0) is 23.8. The van der Waals surface area contributed by atoms with Crippen molar-refractivity contribution in [1.82, 2.24) is 9.88 Å². The van der Waals surface area contributed by atoms with E-state index >= 15 is 0 Å². The molecule has 2 amide bonds. The van der Waals surface area contributed by atoms with Crippen LogP contribution in [0.25, 0.3) is 10.9 Å². The number of aromatic amines is 1. The molecule has 4 aliphatic rings. The molecule has 0 unspecified atom stereocenters. The van der Waals surface area contributed by atoms with Gasteiger partial charge in [-0.2, -0.15) is 0 Å². The largest absolute Gasteiger partial charge is 0.480 e. The van der Waals surface area contributed by atoms with Gasteiger partial charge in [0, 0.05) is 35.4 Å². The lowest BCUT2D eigenvalue weighted by Crippen LogP contribution is -2.47. The lowest BCUT2D eigenvalue weighted by molar-refractivity contribution is -0.155. The van der Waals surface area contributed by atoms with Crippen LogP contribution >= 0.6 is 0 Å². The fourth-order valence-corrected chi connectivity index (χ4v) is 6.81. The average Bonchev–Trinajstić information content (AvgIpc) is 3.41. The number of benzene rings is 3. The second kappa shape index (κ2) is 7.15. The predicted molar refractivity (Wildman–Crippen MR) is 129 cm³/mol. The van der Waals surface area contributed by atoms with Gasteiger partial charge in [0.2, 0.25) is 11.8 Å². The highest BCUT2D eigenvalue weighted by molar-refractivity contribution is 6.10. The van der Waals surface area contributed by atoms with Crippen LogP contribution in [0.5, 0.6) is 0 Å². The van der Waals surface area contributed by atoms with E-state index in [1.165, 1.54) is 0 Å². The number of rotatable bonds is 4. The molecule has 1 fully saturated rings. The summed E-state index contributed by atoms with van der Waals surface area (Å²) in [5.74, 6) is -3.57. The number of amides is 2. The van der Waals surface area contributed by atoms with Gasteiger partial charge in [-0.15, -0.1) is 0 Å². The van der Waals surface area contributed by atoms with Crippen molar-refractivity contribution < 1.29 is 19.5 Å². The Morgan fingerprint density at radius 3 is 1.80 bits per heavy atom. The van der Waals surface area contributed by atoms with E-state index in [9.17, 15) is 19.5 Å². The summed E-state index contributed by atoms with van der Waals surface area (Å²) in [4.78, 5) is 44.6. The molecule has 3 atom stereocenters. The number of aliphatic carboxylic acids is 1. The standard InChI is InChI=1S/C29H22N2O4/c32-27-25-23-17-8-1-2-9-18(17)24(20-11-4-3-10-19(20)23)26(25)28(33)31(27)22(29(34)35)13-15-14-30-21-12-6-5-7-16(15)21/h1-12,14,22-26,30H,13H2,(H,34,35)/t22-,23?,24?,25-,26+/m0/s1. The zero-order valence-corrected chi connectivity index (χ0v) is 18.7. The van der Waals surface area contributed by atoms with Crippen molar-refractivity contribution in [3.05, 3.63) is 107 Å². The lowest BCUT2D eigenvalue weighted by Gasteiger charge is -2.45. The molecule has 0 saturated carbocycles. The Balaban J connectivity index is 1.34. The fourth-order valence-electron chi connectivity index (χ4n) is 6.81. The minimum Gasteiger partial charge on any atom is -0.480 e. The number of nitrogens with one attached hydrogen (secondary N) is 1. The van der Waals surface area contributed by atoms with E-state index in [2.05, 4.69) is 4.98 Å². The van der Waals surface area contributed by atoms with Crippen molar-refractivity contribution in [2.75, 3.05) is 0 Å². The molecule has 2 N–H and O–H groups in total. The first-order chi connectivity index (χ1) is 17.1. The van der Waals surface area contributed by atoms with Gasteiger partial charge < -0.3 is 10.1 Å². The summed E-state index contributed by atoms with van der Waals surface area (Å²) in [5.41, 5.74) is 5.96. The summed E-state index contributed by atoms with van der Waals surface area (Å²) in [6, 6.07) is 22.4. The first kappa shape index (κ1) is 20.2. The van der Waals surface area contributed by atoms with Crippen molar-refractivity contribution >= 4 is 28.7 Å². The number of imide groups is 1. The molecule has 1 aromatic heterocycles. The first-order valence-electron chi connectivity index (χ1n) is 11.9. The topological polar surface area (TPSA) is 90.5 Å². The molecule has 6 heteroatoms. The zero-order valence-electron chi connectivity index (χ0n) is 18.7. The molecule has 6 nitrogen and oxygen atoms in total. The third-order valence-electron chi connectivity index (χ3n) is 8.17. The number of aromatic nitrogens is 1. The summed E-state index contributed by atoms with van der Waals surface area (Å²) in [6.07, 6.45) is 1.83. The summed E-state index contributed by atoms with van der Waals surface area (Å²) < 4.78 is 0. The Kier molecular flexibility index (Phi) is 4.13. The normalized spacial score (nSPS) is 24.9. The highest BCUT2D eigenvalue weighted by Crippen LogP contribution is 2.61. The number of carbonyl (C=O) groups is 3. The number of H-pyrrole nitrogens is 1. The van der Waals surface area contributed by atoms with Crippen molar-refractivity contribution in [3.63, 3.8) is 0 Å². The fraction of sp³-hybridized carbons (Fsp3) is 0.207. The number of carboxylic acids is 1. The molecular weight excluding hydrogens is 440 g/mol. The van der Waals surface area contributed by atoms with E-state index < -0.39 is 23.8 Å².